The number of rotatable bonds is 6. The van der Waals surface area contributed by atoms with Crippen molar-refractivity contribution < 1.29 is 18.0 Å². The third-order valence-corrected chi connectivity index (χ3v) is 3.81. The van der Waals surface area contributed by atoms with Crippen molar-refractivity contribution in [3.63, 3.8) is 0 Å². The summed E-state index contributed by atoms with van der Waals surface area (Å²) in [4.78, 5) is 17.1. The van der Waals surface area contributed by atoms with E-state index < -0.39 is 24.7 Å². The van der Waals surface area contributed by atoms with Gasteiger partial charge in [0.2, 0.25) is 0 Å². The van der Waals surface area contributed by atoms with E-state index in [-0.39, 0.29) is 12.2 Å². The molecule has 0 saturated heterocycles. The van der Waals surface area contributed by atoms with Gasteiger partial charge in [-0.1, -0.05) is 13.8 Å². The minimum Gasteiger partial charge on any atom is -0.325 e. The fourth-order valence-electron chi connectivity index (χ4n) is 1.94. The zero-order valence-electron chi connectivity index (χ0n) is 11.4. The van der Waals surface area contributed by atoms with Crippen LogP contribution in [0.3, 0.4) is 0 Å². The minimum atomic E-state index is -4.43. The molecule has 20 heavy (non-hydrogen) atoms. The Bertz CT molecular complexity index is 443. The molecule has 0 spiro atoms. The molecule has 0 fully saturated rings. The molecule has 8 heteroatoms. The predicted octanol–water partition coefficient (Wildman–Crippen LogP) is 2.79. The van der Waals surface area contributed by atoms with Gasteiger partial charge in [0.15, 0.2) is 0 Å². The van der Waals surface area contributed by atoms with Crippen LogP contribution in [0.4, 0.5) is 13.2 Å². The molecular formula is C12H18F3N3OS. The normalized spacial score (nSPS) is 11.9. The molecular weight excluding hydrogens is 291 g/mol. The van der Waals surface area contributed by atoms with Crippen molar-refractivity contribution in [2.45, 2.75) is 45.5 Å². The van der Waals surface area contributed by atoms with Gasteiger partial charge in [0.25, 0.3) is 5.91 Å². The largest absolute Gasteiger partial charge is 0.406 e. The van der Waals surface area contributed by atoms with E-state index in [0.29, 0.717) is 17.8 Å². The van der Waals surface area contributed by atoms with Crippen LogP contribution in [0, 0.1) is 0 Å². The maximum Gasteiger partial charge on any atom is 0.406 e. The highest BCUT2D eigenvalue weighted by molar-refractivity contribution is 7.09. The van der Waals surface area contributed by atoms with E-state index in [1.54, 1.807) is 13.8 Å². The van der Waals surface area contributed by atoms with Crippen LogP contribution in [-0.4, -0.2) is 34.6 Å². The van der Waals surface area contributed by atoms with Crippen molar-refractivity contribution in [3.05, 3.63) is 16.1 Å². The van der Waals surface area contributed by atoms with Crippen LogP contribution in [0.25, 0.3) is 0 Å². The zero-order valence-corrected chi connectivity index (χ0v) is 12.2. The SMILES string of the molecule is CCC(CC)N(CC(F)(F)F)C(=O)c1csc(CN)n1. The summed E-state index contributed by atoms with van der Waals surface area (Å²) in [6.07, 6.45) is -3.50. The van der Waals surface area contributed by atoms with Gasteiger partial charge in [-0.2, -0.15) is 13.2 Å². The topological polar surface area (TPSA) is 59.2 Å². The zero-order chi connectivity index (χ0) is 15.3. The molecule has 1 rings (SSSR count). The third kappa shape index (κ3) is 4.45. The van der Waals surface area contributed by atoms with Crippen LogP contribution in [0.5, 0.6) is 0 Å². The number of hydrogen-bond acceptors (Lipinski definition) is 4. The summed E-state index contributed by atoms with van der Waals surface area (Å²) in [5.74, 6) is -0.688. The van der Waals surface area contributed by atoms with Gasteiger partial charge in [-0.3, -0.25) is 4.79 Å². The van der Waals surface area contributed by atoms with Gasteiger partial charge < -0.3 is 10.6 Å². The van der Waals surface area contributed by atoms with Crippen LogP contribution < -0.4 is 5.73 Å². The summed E-state index contributed by atoms with van der Waals surface area (Å²) < 4.78 is 38.0. The van der Waals surface area contributed by atoms with Gasteiger partial charge in [-0.05, 0) is 12.8 Å². The second-order valence-electron chi connectivity index (χ2n) is 4.35. The first kappa shape index (κ1) is 16.9. The van der Waals surface area contributed by atoms with Crippen molar-refractivity contribution in [1.82, 2.24) is 9.88 Å². The Morgan fingerprint density at radius 1 is 1.45 bits per heavy atom. The Hall–Kier alpha value is -1.15. The molecule has 0 radical (unpaired) electrons. The summed E-state index contributed by atoms with van der Waals surface area (Å²) in [6.45, 7) is 2.43. The number of amides is 1. The molecule has 0 bridgehead atoms. The standard InChI is InChI=1S/C12H18F3N3OS/c1-3-8(4-2)18(7-12(13,14)15)11(19)9-6-20-10(5-16)17-9/h6,8H,3-5,7,16H2,1-2H3. The number of nitrogens with zero attached hydrogens (tertiary/aromatic N) is 2. The molecule has 0 unspecified atom stereocenters. The van der Waals surface area contributed by atoms with Crippen molar-refractivity contribution >= 4 is 17.2 Å². The van der Waals surface area contributed by atoms with Crippen molar-refractivity contribution in [2.75, 3.05) is 6.54 Å². The first-order valence-electron chi connectivity index (χ1n) is 6.34. The molecule has 0 atom stereocenters. The molecule has 1 aromatic heterocycles. The molecule has 0 aliphatic rings. The van der Waals surface area contributed by atoms with Crippen LogP contribution in [-0.2, 0) is 6.54 Å². The average Bonchev–Trinajstić information content (AvgIpc) is 2.85. The lowest BCUT2D eigenvalue weighted by molar-refractivity contribution is -0.145. The number of carbonyl (C=O) groups excluding carboxylic acids is 1. The summed E-state index contributed by atoms with van der Waals surface area (Å²) in [7, 11) is 0. The first-order chi connectivity index (χ1) is 9.32. The predicted molar refractivity (Wildman–Crippen MR) is 71.5 cm³/mol. The highest BCUT2D eigenvalue weighted by Crippen LogP contribution is 2.23. The van der Waals surface area contributed by atoms with Crippen molar-refractivity contribution in [2.24, 2.45) is 5.73 Å². The second kappa shape index (κ2) is 7.03. The van der Waals surface area contributed by atoms with Gasteiger partial charge in [0.05, 0.1) is 0 Å². The van der Waals surface area contributed by atoms with Crippen molar-refractivity contribution in [3.8, 4) is 0 Å². The molecule has 114 valence electrons. The Morgan fingerprint density at radius 3 is 2.45 bits per heavy atom. The Labute approximate surface area is 119 Å². The smallest absolute Gasteiger partial charge is 0.325 e. The Kier molecular flexibility index (Phi) is 5.94. The van der Waals surface area contributed by atoms with E-state index in [2.05, 4.69) is 4.98 Å². The van der Waals surface area contributed by atoms with Crippen LogP contribution in [0.1, 0.15) is 42.2 Å². The van der Waals surface area contributed by atoms with E-state index in [1.165, 1.54) is 16.7 Å². The molecule has 0 aliphatic heterocycles. The molecule has 0 aromatic carbocycles. The number of carbonyl (C=O) groups is 1. The van der Waals surface area contributed by atoms with E-state index >= 15 is 0 Å². The molecule has 1 heterocycles. The molecule has 4 nitrogen and oxygen atoms in total. The second-order valence-corrected chi connectivity index (χ2v) is 5.29. The van der Waals surface area contributed by atoms with Gasteiger partial charge >= 0.3 is 6.18 Å². The summed E-state index contributed by atoms with van der Waals surface area (Å²) >= 11 is 1.18. The van der Waals surface area contributed by atoms with Crippen LogP contribution >= 0.6 is 11.3 Å². The van der Waals surface area contributed by atoms with Gasteiger partial charge in [-0.15, -0.1) is 11.3 Å². The summed E-state index contributed by atoms with van der Waals surface area (Å²) in [6, 6.07) is -0.452. The number of thiazole rings is 1. The number of hydrogen-bond donors (Lipinski definition) is 1. The average molecular weight is 309 g/mol. The summed E-state index contributed by atoms with van der Waals surface area (Å²) in [5, 5.41) is 1.99. The first-order valence-corrected chi connectivity index (χ1v) is 7.22. The van der Waals surface area contributed by atoms with Crippen molar-refractivity contribution in [1.29, 1.82) is 0 Å². The van der Waals surface area contributed by atoms with E-state index in [0.717, 1.165) is 4.90 Å². The lowest BCUT2D eigenvalue weighted by Gasteiger charge is -2.30. The number of alkyl halides is 3. The highest BCUT2D eigenvalue weighted by atomic mass is 32.1. The van der Waals surface area contributed by atoms with Gasteiger partial charge in [0, 0.05) is 18.0 Å². The molecule has 1 aromatic rings. The quantitative estimate of drug-likeness (QED) is 0.879. The molecule has 0 aliphatic carbocycles. The number of nitrogens with two attached hydrogens (primary N) is 1. The number of halogens is 3. The minimum absolute atomic E-state index is 0.0339. The fourth-order valence-corrected chi connectivity index (χ4v) is 2.59. The maximum atomic E-state index is 12.7. The summed E-state index contributed by atoms with van der Waals surface area (Å²) in [5.41, 5.74) is 5.43. The Balaban J connectivity index is 2.99. The van der Waals surface area contributed by atoms with E-state index in [1.807, 2.05) is 0 Å². The monoisotopic (exact) mass is 309 g/mol. The lowest BCUT2D eigenvalue weighted by Crippen LogP contribution is -2.45. The molecule has 0 saturated carbocycles. The molecule has 2 N–H and O–H groups in total. The number of aromatic nitrogens is 1. The fraction of sp³-hybridized carbons (Fsp3) is 0.667. The van der Waals surface area contributed by atoms with Crippen LogP contribution in [0.15, 0.2) is 5.38 Å². The third-order valence-electron chi connectivity index (χ3n) is 2.94. The highest BCUT2D eigenvalue weighted by Gasteiger charge is 2.36. The molecule has 1 amide bonds. The lowest BCUT2D eigenvalue weighted by atomic mass is 10.1. The van der Waals surface area contributed by atoms with E-state index in [9.17, 15) is 18.0 Å². The van der Waals surface area contributed by atoms with Gasteiger partial charge in [0.1, 0.15) is 17.2 Å². The van der Waals surface area contributed by atoms with Crippen LogP contribution in [0.2, 0.25) is 0 Å². The Morgan fingerprint density at radius 2 is 2.05 bits per heavy atom. The maximum absolute atomic E-state index is 12.7. The van der Waals surface area contributed by atoms with Gasteiger partial charge in [-0.25, -0.2) is 4.98 Å². The van der Waals surface area contributed by atoms with E-state index in [4.69, 9.17) is 5.73 Å².